The molecule has 2 rings (SSSR count). The number of nitrogens with two attached hydrogens (primary N) is 1. The zero-order valence-electron chi connectivity index (χ0n) is 16.2. The van der Waals surface area contributed by atoms with E-state index in [1.54, 1.807) is 11.3 Å². The molecule has 1 fully saturated rings. The predicted molar refractivity (Wildman–Crippen MR) is 117 cm³/mol. The number of hydrogen-bond donors (Lipinski definition) is 2. The first kappa shape index (κ1) is 25.7. The van der Waals surface area contributed by atoms with Gasteiger partial charge in [-0.3, -0.25) is 9.69 Å². The minimum Gasteiger partial charge on any atom is -0.354 e. The Morgan fingerprint density at radius 1 is 1.35 bits per heavy atom. The van der Waals surface area contributed by atoms with Gasteiger partial charge in [0.05, 0.1) is 11.5 Å². The van der Waals surface area contributed by atoms with E-state index in [0.29, 0.717) is 13.1 Å². The fourth-order valence-electron chi connectivity index (χ4n) is 3.56. The lowest BCUT2D eigenvalue weighted by molar-refractivity contribution is -0.131. The number of piperidine rings is 1. The number of hydrogen-bond acceptors (Lipinski definition) is 4. The van der Waals surface area contributed by atoms with E-state index in [2.05, 4.69) is 48.5 Å². The highest BCUT2D eigenvalue weighted by Gasteiger charge is 2.34. The van der Waals surface area contributed by atoms with Crippen molar-refractivity contribution in [2.45, 2.75) is 52.5 Å². The number of thiophene rings is 1. The van der Waals surface area contributed by atoms with E-state index in [4.69, 9.17) is 5.73 Å². The first-order chi connectivity index (χ1) is 11.6. The molecule has 3 N–H and O–H groups in total. The van der Waals surface area contributed by atoms with Crippen molar-refractivity contribution in [3.05, 3.63) is 22.4 Å². The second-order valence-corrected chi connectivity index (χ2v) is 8.13. The Bertz CT molecular complexity index is 493. The molecule has 1 amide bonds. The Labute approximate surface area is 175 Å². The normalized spacial score (nSPS) is 17.1. The summed E-state index contributed by atoms with van der Waals surface area (Å²) in [5.74, 6) is 0.923. The van der Waals surface area contributed by atoms with Gasteiger partial charge in [0.15, 0.2) is 0 Å². The van der Waals surface area contributed by atoms with Crippen LogP contribution >= 0.6 is 36.2 Å². The van der Waals surface area contributed by atoms with Gasteiger partial charge in [-0.05, 0) is 56.1 Å². The fourth-order valence-corrected chi connectivity index (χ4v) is 4.42. The summed E-state index contributed by atoms with van der Waals surface area (Å²) in [7, 11) is 0. The molecule has 1 aliphatic rings. The molecule has 1 saturated heterocycles. The van der Waals surface area contributed by atoms with E-state index in [9.17, 15) is 4.79 Å². The van der Waals surface area contributed by atoms with Crippen molar-refractivity contribution in [1.82, 2.24) is 10.2 Å². The van der Waals surface area contributed by atoms with Crippen LogP contribution in [-0.4, -0.2) is 37.0 Å². The number of carbonyl (C=O) groups is 1. The maximum atomic E-state index is 12.8. The summed E-state index contributed by atoms with van der Waals surface area (Å²) in [4.78, 5) is 16.6. The van der Waals surface area contributed by atoms with E-state index >= 15 is 0 Å². The average Bonchev–Trinajstić information content (AvgIpc) is 3.13. The van der Waals surface area contributed by atoms with Crippen molar-refractivity contribution < 1.29 is 4.79 Å². The van der Waals surface area contributed by atoms with Gasteiger partial charge in [0.25, 0.3) is 0 Å². The van der Waals surface area contributed by atoms with Crippen LogP contribution < -0.4 is 11.1 Å². The molecule has 0 bridgehead atoms. The van der Waals surface area contributed by atoms with Crippen LogP contribution in [0, 0.1) is 11.3 Å². The van der Waals surface area contributed by atoms with Crippen LogP contribution in [0.5, 0.6) is 0 Å². The number of halogens is 2. The SMILES string of the molecule is CCC(CC)(CN)C(=O)NCC(c1cccs1)N1CCC(C)CC1.Cl.Cl. The Balaban J connectivity index is 0.00000312. The van der Waals surface area contributed by atoms with Gasteiger partial charge in [-0.1, -0.05) is 26.8 Å². The van der Waals surface area contributed by atoms with Crippen LogP contribution in [0.25, 0.3) is 0 Å². The number of amides is 1. The third-order valence-electron chi connectivity index (χ3n) is 5.81. The number of likely N-dealkylation sites (tertiary alicyclic amines) is 1. The largest absolute Gasteiger partial charge is 0.354 e. The highest BCUT2D eigenvalue weighted by molar-refractivity contribution is 7.10. The van der Waals surface area contributed by atoms with Crippen molar-refractivity contribution in [3.63, 3.8) is 0 Å². The van der Waals surface area contributed by atoms with E-state index in [0.717, 1.165) is 31.8 Å². The second kappa shape index (κ2) is 12.2. The van der Waals surface area contributed by atoms with Crippen LogP contribution in [0.4, 0.5) is 0 Å². The third-order valence-corrected chi connectivity index (χ3v) is 6.79. The van der Waals surface area contributed by atoms with Crippen molar-refractivity contribution in [1.29, 1.82) is 0 Å². The van der Waals surface area contributed by atoms with Crippen molar-refractivity contribution >= 4 is 42.1 Å². The predicted octanol–water partition coefficient (Wildman–Crippen LogP) is 4.25. The zero-order valence-corrected chi connectivity index (χ0v) is 18.7. The molecular weight excluding hydrogens is 389 g/mol. The van der Waals surface area contributed by atoms with Crippen LogP contribution in [-0.2, 0) is 4.79 Å². The lowest BCUT2D eigenvalue weighted by atomic mass is 9.81. The maximum Gasteiger partial charge on any atom is 0.227 e. The van der Waals surface area contributed by atoms with Crippen LogP contribution in [0.3, 0.4) is 0 Å². The van der Waals surface area contributed by atoms with E-state index < -0.39 is 5.41 Å². The van der Waals surface area contributed by atoms with Crippen LogP contribution in [0.2, 0.25) is 0 Å². The molecule has 152 valence electrons. The van der Waals surface area contributed by atoms with Gasteiger partial charge in [-0.15, -0.1) is 36.2 Å². The molecule has 1 aromatic heterocycles. The van der Waals surface area contributed by atoms with Crippen LogP contribution in [0.1, 0.15) is 57.4 Å². The Morgan fingerprint density at radius 3 is 2.42 bits per heavy atom. The molecule has 4 nitrogen and oxygen atoms in total. The Kier molecular flexibility index (Phi) is 12.0. The number of carbonyl (C=O) groups excluding carboxylic acids is 1. The quantitative estimate of drug-likeness (QED) is 0.656. The molecule has 1 unspecified atom stereocenters. The molecule has 2 heterocycles. The Morgan fingerprint density at radius 2 is 1.96 bits per heavy atom. The maximum absolute atomic E-state index is 12.8. The van der Waals surface area contributed by atoms with Crippen molar-refractivity contribution in [2.24, 2.45) is 17.1 Å². The van der Waals surface area contributed by atoms with Gasteiger partial charge in [0.1, 0.15) is 0 Å². The molecule has 0 saturated carbocycles. The first-order valence-electron chi connectivity index (χ1n) is 9.32. The van der Waals surface area contributed by atoms with Gasteiger partial charge < -0.3 is 11.1 Å². The van der Waals surface area contributed by atoms with Crippen molar-refractivity contribution in [2.75, 3.05) is 26.2 Å². The molecule has 7 heteroatoms. The smallest absolute Gasteiger partial charge is 0.227 e. The topological polar surface area (TPSA) is 58.4 Å². The zero-order chi connectivity index (χ0) is 17.6. The highest BCUT2D eigenvalue weighted by Crippen LogP contribution is 2.30. The summed E-state index contributed by atoms with van der Waals surface area (Å²) in [5.41, 5.74) is 5.50. The van der Waals surface area contributed by atoms with Gasteiger partial charge in [-0.25, -0.2) is 0 Å². The van der Waals surface area contributed by atoms with Crippen LogP contribution in [0.15, 0.2) is 17.5 Å². The molecule has 0 radical (unpaired) electrons. The minimum atomic E-state index is -0.420. The summed E-state index contributed by atoms with van der Waals surface area (Å²) < 4.78 is 0. The molecule has 1 aliphatic heterocycles. The number of nitrogens with zero attached hydrogens (tertiary/aromatic N) is 1. The molecule has 1 atom stereocenters. The monoisotopic (exact) mass is 423 g/mol. The lowest BCUT2D eigenvalue weighted by Gasteiger charge is -2.37. The summed E-state index contributed by atoms with van der Waals surface area (Å²) in [6.45, 7) is 9.76. The molecule has 1 aromatic rings. The Hall–Kier alpha value is -0.330. The van der Waals surface area contributed by atoms with Gasteiger partial charge >= 0.3 is 0 Å². The number of nitrogens with one attached hydrogen (secondary N) is 1. The van der Waals surface area contributed by atoms with E-state index in [-0.39, 0.29) is 36.8 Å². The highest BCUT2D eigenvalue weighted by atomic mass is 35.5. The lowest BCUT2D eigenvalue weighted by Crippen LogP contribution is -2.48. The van der Waals surface area contributed by atoms with E-state index in [1.807, 2.05) is 0 Å². The van der Waals surface area contributed by atoms with Gasteiger partial charge in [0.2, 0.25) is 5.91 Å². The minimum absolute atomic E-state index is 0. The van der Waals surface area contributed by atoms with E-state index in [1.165, 1.54) is 17.7 Å². The van der Waals surface area contributed by atoms with Crippen molar-refractivity contribution in [3.8, 4) is 0 Å². The molecule has 0 aromatic carbocycles. The standard InChI is InChI=1S/C19H33N3OS.2ClH/c1-4-19(5-2,14-20)18(23)21-13-16(17-7-6-12-24-17)22-10-8-15(3)9-11-22;;/h6-7,12,15-16H,4-5,8-11,13-14,20H2,1-3H3,(H,21,23);2*1H. The molecule has 0 spiro atoms. The third kappa shape index (κ3) is 6.10. The number of rotatable bonds is 8. The molecular formula is C19H35Cl2N3OS. The van der Waals surface area contributed by atoms with Gasteiger partial charge in [-0.2, -0.15) is 0 Å². The summed E-state index contributed by atoms with van der Waals surface area (Å²) in [6.07, 6.45) is 4.06. The molecule has 0 aliphatic carbocycles. The average molecular weight is 424 g/mol. The van der Waals surface area contributed by atoms with Gasteiger partial charge in [0, 0.05) is 18.0 Å². The summed E-state index contributed by atoms with van der Waals surface area (Å²) >= 11 is 1.78. The molecule has 26 heavy (non-hydrogen) atoms. The summed E-state index contributed by atoms with van der Waals surface area (Å²) in [6, 6.07) is 4.57. The summed E-state index contributed by atoms with van der Waals surface area (Å²) in [5, 5.41) is 5.34. The fraction of sp³-hybridized carbons (Fsp3) is 0.737. The first-order valence-corrected chi connectivity index (χ1v) is 10.2. The second-order valence-electron chi connectivity index (χ2n) is 7.15.